The molecule has 0 saturated carbocycles. The molecule has 0 saturated heterocycles. The molecule has 1 rings (SSSR count). The summed E-state index contributed by atoms with van der Waals surface area (Å²) in [6.07, 6.45) is 0. The smallest absolute Gasteiger partial charge is 0.292 e. The summed E-state index contributed by atoms with van der Waals surface area (Å²) in [7, 11) is 0. The second-order valence-corrected chi connectivity index (χ2v) is 3.20. The molecular weight excluding hydrogens is 196 g/mol. The summed E-state index contributed by atoms with van der Waals surface area (Å²) < 4.78 is 0. The van der Waals surface area contributed by atoms with Crippen LogP contribution in [0.3, 0.4) is 0 Å². The number of aryl methyl sites for hydroxylation is 1. The van der Waals surface area contributed by atoms with Crippen molar-refractivity contribution < 1.29 is 4.92 Å². The van der Waals surface area contributed by atoms with Crippen molar-refractivity contribution in [2.75, 3.05) is 24.1 Å². The summed E-state index contributed by atoms with van der Waals surface area (Å²) in [6.45, 7) is 2.61. The van der Waals surface area contributed by atoms with Crippen LogP contribution in [0.25, 0.3) is 0 Å². The van der Waals surface area contributed by atoms with Crippen molar-refractivity contribution in [2.45, 2.75) is 6.92 Å². The van der Waals surface area contributed by atoms with Crippen LogP contribution >= 0.6 is 0 Å². The normalized spacial score (nSPS) is 10.0. The zero-order chi connectivity index (χ0) is 11.4. The van der Waals surface area contributed by atoms with E-state index in [9.17, 15) is 10.1 Å². The third kappa shape index (κ3) is 2.57. The van der Waals surface area contributed by atoms with E-state index >= 15 is 0 Å². The first kappa shape index (κ1) is 11.3. The van der Waals surface area contributed by atoms with Crippen molar-refractivity contribution in [3.8, 4) is 0 Å². The molecule has 0 unspecified atom stereocenters. The Labute approximate surface area is 87.4 Å². The Morgan fingerprint density at radius 2 is 2.20 bits per heavy atom. The maximum Gasteiger partial charge on any atom is 0.292 e. The van der Waals surface area contributed by atoms with Gasteiger partial charge in [-0.2, -0.15) is 0 Å². The van der Waals surface area contributed by atoms with Crippen molar-refractivity contribution in [1.29, 1.82) is 0 Å². The minimum absolute atomic E-state index is 0.0233. The molecule has 1 aromatic rings. The lowest BCUT2D eigenvalue weighted by Crippen LogP contribution is -2.14. The van der Waals surface area contributed by atoms with E-state index in [0.29, 0.717) is 30.0 Å². The van der Waals surface area contributed by atoms with Crippen molar-refractivity contribution in [3.05, 3.63) is 27.8 Å². The van der Waals surface area contributed by atoms with Crippen LogP contribution in [0.1, 0.15) is 5.56 Å². The second-order valence-electron chi connectivity index (χ2n) is 3.20. The number of nitrogens with two attached hydrogens (primary N) is 2. The maximum atomic E-state index is 10.7. The highest BCUT2D eigenvalue weighted by Gasteiger charge is 2.14. The van der Waals surface area contributed by atoms with Gasteiger partial charge in [0.05, 0.1) is 4.92 Å². The molecule has 0 amide bonds. The molecule has 5 N–H and O–H groups in total. The number of nitrogens with one attached hydrogen (secondary N) is 1. The fraction of sp³-hybridized carbons (Fsp3) is 0.333. The first-order valence-corrected chi connectivity index (χ1v) is 4.54. The average molecular weight is 210 g/mol. The van der Waals surface area contributed by atoms with Gasteiger partial charge in [0.2, 0.25) is 0 Å². The Balaban J connectivity index is 3.10. The topological polar surface area (TPSA) is 107 Å². The van der Waals surface area contributed by atoms with E-state index in [1.807, 2.05) is 0 Å². The molecule has 0 fully saturated rings. The van der Waals surface area contributed by atoms with Gasteiger partial charge in [-0.15, -0.1) is 0 Å². The minimum Gasteiger partial charge on any atom is -0.398 e. The predicted molar refractivity (Wildman–Crippen MR) is 59.8 cm³/mol. The van der Waals surface area contributed by atoms with Gasteiger partial charge in [-0.05, 0) is 18.6 Å². The zero-order valence-corrected chi connectivity index (χ0v) is 8.49. The fourth-order valence-corrected chi connectivity index (χ4v) is 1.21. The molecule has 0 radical (unpaired) electrons. The van der Waals surface area contributed by atoms with Gasteiger partial charge in [0.1, 0.15) is 5.69 Å². The first-order valence-electron chi connectivity index (χ1n) is 4.54. The lowest BCUT2D eigenvalue weighted by atomic mass is 10.1. The highest BCUT2D eigenvalue weighted by Crippen LogP contribution is 2.29. The van der Waals surface area contributed by atoms with Crippen molar-refractivity contribution in [2.24, 2.45) is 5.73 Å². The zero-order valence-electron chi connectivity index (χ0n) is 8.49. The van der Waals surface area contributed by atoms with Crippen LogP contribution in [-0.4, -0.2) is 18.0 Å². The van der Waals surface area contributed by atoms with Gasteiger partial charge in [-0.25, -0.2) is 0 Å². The molecule has 15 heavy (non-hydrogen) atoms. The molecule has 0 heterocycles. The second kappa shape index (κ2) is 4.61. The highest BCUT2D eigenvalue weighted by molar-refractivity contribution is 5.70. The van der Waals surface area contributed by atoms with E-state index in [0.717, 1.165) is 0 Å². The largest absolute Gasteiger partial charge is 0.398 e. The van der Waals surface area contributed by atoms with E-state index in [-0.39, 0.29) is 5.69 Å². The van der Waals surface area contributed by atoms with E-state index in [4.69, 9.17) is 11.5 Å². The standard InChI is InChI=1S/C9H14N4O2/c1-6-4-9(13(14)15)8(5-7(6)11)12-3-2-10/h4-5,12H,2-3,10-11H2,1H3. The van der Waals surface area contributed by atoms with Gasteiger partial charge in [0.15, 0.2) is 0 Å². The Morgan fingerprint density at radius 3 is 2.73 bits per heavy atom. The van der Waals surface area contributed by atoms with Crippen molar-refractivity contribution >= 4 is 17.1 Å². The lowest BCUT2D eigenvalue weighted by molar-refractivity contribution is -0.384. The maximum absolute atomic E-state index is 10.7. The predicted octanol–water partition coefficient (Wildman–Crippen LogP) is 0.856. The van der Waals surface area contributed by atoms with Crippen molar-refractivity contribution in [1.82, 2.24) is 0 Å². The number of hydrogen-bond donors (Lipinski definition) is 3. The van der Waals surface area contributed by atoms with E-state index in [2.05, 4.69) is 5.32 Å². The third-order valence-electron chi connectivity index (χ3n) is 2.04. The molecule has 0 bridgehead atoms. The molecule has 0 spiro atoms. The number of benzene rings is 1. The summed E-state index contributed by atoms with van der Waals surface area (Å²) in [4.78, 5) is 10.3. The molecule has 1 aromatic carbocycles. The van der Waals surface area contributed by atoms with E-state index in [1.54, 1.807) is 13.0 Å². The summed E-state index contributed by atoms with van der Waals surface area (Å²) >= 11 is 0. The number of nitrogens with zero attached hydrogens (tertiary/aromatic N) is 1. The Kier molecular flexibility index (Phi) is 3.46. The lowest BCUT2D eigenvalue weighted by Gasteiger charge is -2.08. The van der Waals surface area contributed by atoms with Gasteiger partial charge < -0.3 is 16.8 Å². The SMILES string of the molecule is Cc1cc([N+](=O)[O-])c(NCCN)cc1N. The average Bonchev–Trinajstić information content (AvgIpc) is 2.19. The molecular formula is C9H14N4O2. The van der Waals surface area contributed by atoms with Crippen LogP contribution < -0.4 is 16.8 Å². The molecule has 0 atom stereocenters. The van der Waals surface area contributed by atoms with E-state index < -0.39 is 4.92 Å². The molecule has 0 aliphatic carbocycles. The number of nitro groups is 1. The van der Waals surface area contributed by atoms with Gasteiger partial charge >= 0.3 is 0 Å². The van der Waals surface area contributed by atoms with Gasteiger partial charge in [0, 0.05) is 24.8 Å². The van der Waals surface area contributed by atoms with Crippen LogP contribution in [0.5, 0.6) is 0 Å². The molecule has 6 nitrogen and oxygen atoms in total. The minimum atomic E-state index is -0.439. The van der Waals surface area contributed by atoms with Crippen LogP contribution in [0.2, 0.25) is 0 Å². The summed E-state index contributed by atoms with van der Waals surface area (Å²) in [5, 5.41) is 13.6. The quantitative estimate of drug-likeness (QED) is 0.388. The number of nitro benzene ring substituents is 1. The Bertz CT molecular complexity index is 379. The molecule has 6 heteroatoms. The number of rotatable bonds is 4. The fourth-order valence-electron chi connectivity index (χ4n) is 1.21. The van der Waals surface area contributed by atoms with Crippen LogP contribution in [0, 0.1) is 17.0 Å². The Morgan fingerprint density at radius 1 is 1.53 bits per heavy atom. The van der Waals surface area contributed by atoms with Gasteiger partial charge in [0.25, 0.3) is 5.69 Å². The van der Waals surface area contributed by atoms with Crippen molar-refractivity contribution in [3.63, 3.8) is 0 Å². The molecule has 0 aliphatic rings. The van der Waals surface area contributed by atoms with Crippen LogP contribution in [-0.2, 0) is 0 Å². The van der Waals surface area contributed by atoms with Crippen LogP contribution in [0.15, 0.2) is 12.1 Å². The first-order chi connectivity index (χ1) is 7.06. The van der Waals surface area contributed by atoms with Crippen LogP contribution in [0.4, 0.5) is 17.1 Å². The molecule has 82 valence electrons. The molecule has 0 aliphatic heterocycles. The van der Waals surface area contributed by atoms with Gasteiger partial charge in [-0.1, -0.05) is 0 Å². The van der Waals surface area contributed by atoms with E-state index in [1.165, 1.54) is 6.07 Å². The summed E-state index contributed by atoms with van der Waals surface area (Å²) in [6, 6.07) is 3.01. The monoisotopic (exact) mass is 210 g/mol. The third-order valence-corrected chi connectivity index (χ3v) is 2.04. The summed E-state index contributed by atoms with van der Waals surface area (Å²) in [5.41, 5.74) is 12.6. The number of hydrogen-bond acceptors (Lipinski definition) is 5. The highest BCUT2D eigenvalue weighted by atomic mass is 16.6. The Hall–Kier alpha value is -1.82. The number of nitrogen functional groups attached to an aromatic ring is 1. The summed E-state index contributed by atoms with van der Waals surface area (Å²) in [5.74, 6) is 0. The number of anilines is 2. The van der Waals surface area contributed by atoms with Gasteiger partial charge in [-0.3, -0.25) is 10.1 Å². The molecule has 0 aromatic heterocycles.